The minimum Gasteiger partial charge on any atom is -0.496 e. The van der Waals surface area contributed by atoms with Gasteiger partial charge < -0.3 is 15.8 Å². The fourth-order valence-corrected chi connectivity index (χ4v) is 1.87. The van der Waals surface area contributed by atoms with Crippen molar-refractivity contribution in [1.29, 1.82) is 0 Å². The minimum absolute atomic E-state index is 0.578. The van der Waals surface area contributed by atoms with Crippen LogP contribution in [-0.4, -0.2) is 20.2 Å². The molecule has 0 fully saturated rings. The van der Waals surface area contributed by atoms with Crippen LogP contribution in [0.5, 0.6) is 5.75 Å². The summed E-state index contributed by atoms with van der Waals surface area (Å²) in [6.45, 7) is 6.87. The Morgan fingerprint density at radius 2 is 2.18 bits per heavy atom. The van der Waals surface area contributed by atoms with Crippen LogP contribution in [0.1, 0.15) is 24.5 Å². The van der Waals surface area contributed by atoms with Crippen LogP contribution in [0.15, 0.2) is 18.2 Å². The highest BCUT2D eigenvalue weighted by Crippen LogP contribution is 2.18. The molecule has 3 N–H and O–H groups in total. The van der Waals surface area contributed by atoms with Crippen molar-refractivity contribution in [1.82, 2.24) is 5.32 Å². The molecular weight excluding hydrogens is 212 g/mol. The van der Waals surface area contributed by atoms with Crippen molar-refractivity contribution in [2.75, 3.05) is 20.2 Å². The largest absolute Gasteiger partial charge is 0.496 e. The first-order valence-electron chi connectivity index (χ1n) is 6.25. The second-order valence-corrected chi connectivity index (χ2v) is 4.44. The molecule has 1 rings (SSSR count). The van der Waals surface area contributed by atoms with Gasteiger partial charge in [0.25, 0.3) is 0 Å². The molecule has 0 aliphatic rings. The summed E-state index contributed by atoms with van der Waals surface area (Å²) in [4.78, 5) is 0. The zero-order valence-corrected chi connectivity index (χ0v) is 11.1. The smallest absolute Gasteiger partial charge is 0.121 e. The molecule has 0 amide bonds. The first-order valence-corrected chi connectivity index (χ1v) is 6.25. The maximum absolute atomic E-state index is 5.67. The number of nitrogens with two attached hydrogens (primary N) is 1. The summed E-state index contributed by atoms with van der Waals surface area (Å²) >= 11 is 0. The van der Waals surface area contributed by atoms with E-state index in [4.69, 9.17) is 10.5 Å². The summed E-state index contributed by atoms with van der Waals surface area (Å²) in [5, 5.41) is 3.45. The molecule has 96 valence electrons. The Hall–Kier alpha value is -1.06. The molecule has 0 saturated heterocycles. The van der Waals surface area contributed by atoms with Gasteiger partial charge in [-0.25, -0.2) is 0 Å². The first kappa shape index (κ1) is 14.0. The molecule has 0 aliphatic heterocycles. The zero-order chi connectivity index (χ0) is 12.7. The Morgan fingerprint density at radius 3 is 2.71 bits per heavy atom. The van der Waals surface area contributed by atoms with E-state index in [0.29, 0.717) is 5.92 Å². The van der Waals surface area contributed by atoms with Crippen molar-refractivity contribution in [3.8, 4) is 5.75 Å². The number of methoxy groups -OCH3 is 1. The van der Waals surface area contributed by atoms with Crippen molar-refractivity contribution in [2.24, 2.45) is 11.7 Å². The third kappa shape index (κ3) is 4.36. The molecule has 0 heterocycles. The Morgan fingerprint density at radius 1 is 1.41 bits per heavy atom. The van der Waals surface area contributed by atoms with E-state index in [1.807, 2.05) is 6.07 Å². The van der Waals surface area contributed by atoms with Crippen LogP contribution in [0.2, 0.25) is 0 Å². The van der Waals surface area contributed by atoms with Gasteiger partial charge in [0.2, 0.25) is 0 Å². The quantitative estimate of drug-likeness (QED) is 0.762. The Kier molecular flexibility index (Phi) is 6.01. The average Bonchev–Trinajstić information content (AvgIpc) is 2.35. The van der Waals surface area contributed by atoms with Gasteiger partial charge in [-0.05, 0) is 43.1 Å². The van der Waals surface area contributed by atoms with Crippen molar-refractivity contribution in [3.63, 3.8) is 0 Å². The van der Waals surface area contributed by atoms with Gasteiger partial charge in [0, 0.05) is 6.54 Å². The molecule has 17 heavy (non-hydrogen) atoms. The van der Waals surface area contributed by atoms with Crippen molar-refractivity contribution < 1.29 is 4.74 Å². The zero-order valence-electron chi connectivity index (χ0n) is 11.1. The normalized spacial score (nSPS) is 12.5. The molecule has 1 aromatic carbocycles. The molecule has 0 radical (unpaired) electrons. The molecule has 3 heteroatoms. The lowest BCUT2D eigenvalue weighted by molar-refractivity contribution is 0.411. The number of hydrogen-bond donors (Lipinski definition) is 2. The van der Waals surface area contributed by atoms with Crippen LogP contribution in [0, 0.1) is 12.8 Å². The first-order chi connectivity index (χ1) is 8.21. The summed E-state index contributed by atoms with van der Waals surface area (Å²) in [5.74, 6) is 1.52. The van der Waals surface area contributed by atoms with E-state index < -0.39 is 0 Å². The molecular formula is C14H24N2O. The number of aryl methyl sites for hydroxylation is 1. The van der Waals surface area contributed by atoms with Gasteiger partial charge in [-0.3, -0.25) is 0 Å². The van der Waals surface area contributed by atoms with Gasteiger partial charge in [0.1, 0.15) is 5.75 Å². The van der Waals surface area contributed by atoms with Gasteiger partial charge in [0.05, 0.1) is 7.11 Å². The van der Waals surface area contributed by atoms with E-state index in [1.54, 1.807) is 7.11 Å². The number of benzene rings is 1. The van der Waals surface area contributed by atoms with Gasteiger partial charge >= 0.3 is 0 Å². The third-order valence-corrected chi connectivity index (χ3v) is 3.13. The van der Waals surface area contributed by atoms with E-state index in [1.165, 1.54) is 11.1 Å². The third-order valence-electron chi connectivity index (χ3n) is 3.13. The molecule has 1 unspecified atom stereocenters. The average molecular weight is 236 g/mol. The Labute approximate surface area is 104 Å². The van der Waals surface area contributed by atoms with Gasteiger partial charge in [-0.15, -0.1) is 0 Å². The summed E-state index contributed by atoms with van der Waals surface area (Å²) in [5.41, 5.74) is 8.13. The summed E-state index contributed by atoms with van der Waals surface area (Å²) < 4.78 is 5.24. The van der Waals surface area contributed by atoms with Gasteiger partial charge in [0.15, 0.2) is 0 Å². The standard InChI is InChI=1S/C14H24N2O/c1-4-12(8-15)9-16-10-13-5-6-14(17-3)11(2)7-13/h5-7,12,16H,4,8-10,15H2,1-3H3. The van der Waals surface area contributed by atoms with E-state index >= 15 is 0 Å². The maximum Gasteiger partial charge on any atom is 0.121 e. The van der Waals surface area contributed by atoms with Crippen molar-refractivity contribution in [2.45, 2.75) is 26.8 Å². The van der Waals surface area contributed by atoms with Gasteiger partial charge in [-0.2, -0.15) is 0 Å². The van der Waals surface area contributed by atoms with Crippen LogP contribution < -0.4 is 15.8 Å². The molecule has 3 nitrogen and oxygen atoms in total. The molecule has 0 aliphatic carbocycles. The fraction of sp³-hybridized carbons (Fsp3) is 0.571. The lowest BCUT2D eigenvalue weighted by Crippen LogP contribution is -2.27. The SMILES string of the molecule is CCC(CN)CNCc1ccc(OC)c(C)c1. The van der Waals surface area contributed by atoms with E-state index in [9.17, 15) is 0 Å². The topological polar surface area (TPSA) is 47.3 Å². The monoisotopic (exact) mass is 236 g/mol. The van der Waals surface area contributed by atoms with Crippen LogP contribution in [-0.2, 0) is 6.54 Å². The predicted molar refractivity (Wildman–Crippen MR) is 72.3 cm³/mol. The van der Waals surface area contributed by atoms with E-state index in [0.717, 1.165) is 31.8 Å². The van der Waals surface area contributed by atoms with E-state index in [-0.39, 0.29) is 0 Å². The predicted octanol–water partition coefficient (Wildman–Crippen LogP) is 2.08. The molecule has 0 aromatic heterocycles. The van der Waals surface area contributed by atoms with Gasteiger partial charge in [-0.1, -0.05) is 25.5 Å². The van der Waals surface area contributed by atoms with Crippen LogP contribution in [0.3, 0.4) is 0 Å². The van der Waals surface area contributed by atoms with Crippen LogP contribution in [0.4, 0.5) is 0 Å². The second-order valence-electron chi connectivity index (χ2n) is 4.44. The number of hydrogen-bond acceptors (Lipinski definition) is 3. The highest BCUT2D eigenvalue weighted by Gasteiger charge is 2.03. The number of rotatable bonds is 7. The molecule has 1 aromatic rings. The van der Waals surface area contributed by atoms with E-state index in [2.05, 4.69) is 31.3 Å². The number of nitrogens with one attached hydrogen (secondary N) is 1. The molecule has 0 saturated carbocycles. The maximum atomic E-state index is 5.67. The lowest BCUT2D eigenvalue weighted by Gasteiger charge is -2.13. The summed E-state index contributed by atoms with van der Waals surface area (Å²) in [6, 6.07) is 6.28. The van der Waals surface area contributed by atoms with Crippen molar-refractivity contribution in [3.05, 3.63) is 29.3 Å². The molecule has 1 atom stereocenters. The molecule has 0 bridgehead atoms. The second kappa shape index (κ2) is 7.30. The highest BCUT2D eigenvalue weighted by molar-refractivity contribution is 5.36. The Balaban J connectivity index is 2.44. The fourth-order valence-electron chi connectivity index (χ4n) is 1.87. The Bertz CT molecular complexity index is 335. The highest BCUT2D eigenvalue weighted by atomic mass is 16.5. The summed E-state index contributed by atoms with van der Waals surface area (Å²) in [7, 11) is 1.70. The van der Waals surface area contributed by atoms with Crippen LogP contribution in [0.25, 0.3) is 0 Å². The minimum atomic E-state index is 0.578. The lowest BCUT2D eigenvalue weighted by atomic mass is 10.1. The van der Waals surface area contributed by atoms with Crippen LogP contribution >= 0.6 is 0 Å². The van der Waals surface area contributed by atoms with Crippen molar-refractivity contribution >= 4 is 0 Å². The summed E-state index contributed by atoms with van der Waals surface area (Å²) in [6.07, 6.45) is 1.13. The number of ether oxygens (including phenoxy) is 1. The molecule has 0 spiro atoms.